The molecule has 0 saturated carbocycles. The molecule has 0 bridgehead atoms. The predicted molar refractivity (Wildman–Crippen MR) is 91.3 cm³/mol. The number of carbonyl (C=O) groups is 1. The molecule has 0 spiro atoms. The third-order valence-electron chi connectivity index (χ3n) is 3.73. The number of aliphatic imine (C=N–C) groups is 1. The Morgan fingerprint density at radius 3 is 2.56 bits per heavy atom. The molecule has 0 amide bonds. The van der Waals surface area contributed by atoms with Crippen molar-refractivity contribution in [1.29, 1.82) is 0 Å². The molecular weight excluding hydrogens is 325 g/mol. The standard InChI is InChI=1S/C19H16FNO4/c1-11-7-17(24-3)13(10-16(11)23-2)9-15-19(22)25-18(21-15)12-5-4-6-14(20)8-12/h4-10H,1-3H3/b15-9+. The van der Waals surface area contributed by atoms with Crippen LogP contribution in [0, 0.1) is 12.7 Å². The van der Waals surface area contributed by atoms with E-state index >= 15 is 0 Å². The van der Waals surface area contributed by atoms with Crippen molar-refractivity contribution in [2.75, 3.05) is 14.2 Å². The quantitative estimate of drug-likeness (QED) is 0.631. The highest BCUT2D eigenvalue weighted by Crippen LogP contribution is 2.31. The van der Waals surface area contributed by atoms with Crippen LogP contribution in [0.3, 0.4) is 0 Å². The zero-order valence-electron chi connectivity index (χ0n) is 14.0. The Morgan fingerprint density at radius 1 is 1.12 bits per heavy atom. The number of aryl methyl sites for hydroxylation is 1. The number of benzene rings is 2. The van der Waals surface area contributed by atoms with Gasteiger partial charge in [-0.05, 0) is 48.9 Å². The first-order valence-corrected chi connectivity index (χ1v) is 7.53. The van der Waals surface area contributed by atoms with Crippen molar-refractivity contribution < 1.29 is 23.4 Å². The number of rotatable bonds is 4. The van der Waals surface area contributed by atoms with Crippen molar-refractivity contribution in [3.63, 3.8) is 0 Å². The van der Waals surface area contributed by atoms with Crippen LogP contribution in [0.25, 0.3) is 6.08 Å². The summed E-state index contributed by atoms with van der Waals surface area (Å²) in [6.07, 6.45) is 1.55. The summed E-state index contributed by atoms with van der Waals surface area (Å²) in [6.45, 7) is 1.89. The van der Waals surface area contributed by atoms with Gasteiger partial charge in [-0.1, -0.05) is 6.07 Å². The number of halogens is 1. The maximum atomic E-state index is 13.3. The van der Waals surface area contributed by atoms with Gasteiger partial charge in [0.2, 0.25) is 5.90 Å². The molecule has 128 valence electrons. The van der Waals surface area contributed by atoms with Gasteiger partial charge in [0, 0.05) is 11.1 Å². The molecule has 2 aromatic carbocycles. The van der Waals surface area contributed by atoms with Crippen LogP contribution in [0.4, 0.5) is 4.39 Å². The molecule has 2 aromatic rings. The summed E-state index contributed by atoms with van der Waals surface area (Å²) in [7, 11) is 3.10. The van der Waals surface area contributed by atoms with E-state index in [9.17, 15) is 9.18 Å². The Hall–Kier alpha value is -3.15. The van der Waals surface area contributed by atoms with Gasteiger partial charge in [0.1, 0.15) is 17.3 Å². The van der Waals surface area contributed by atoms with E-state index in [1.807, 2.05) is 13.0 Å². The smallest absolute Gasteiger partial charge is 0.363 e. The van der Waals surface area contributed by atoms with Gasteiger partial charge in [-0.3, -0.25) is 0 Å². The molecule has 3 rings (SSSR count). The third-order valence-corrected chi connectivity index (χ3v) is 3.73. The Kier molecular flexibility index (Phi) is 4.52. The molecule has 0 N–H and O–H groups in total. The molecule has 0 radical (unpaired) electrons. The number of nitrogens with zero attached hydrogens (tertiary/aromatic N) is 1. The van der Waals surface area contributed by atoms with Gasteiger partial charge in [0.25, 0.3) is 0 Å². The monoisotopic (exact) mass is 341 g/mol. The SMILES string of the molecule is COc1cc(/C=C2/N=C(c3cccc(F)c3)OC2=O)c(OC)cc1C. The lowest BCUT2D eigenvalue weighted by atomic mass is 10.1. The molecular formula is C19H16FNO4. The zero-order valence-corrected chi connectivity index (χ0v) is 14.0. The van der Waals surface area contributed by atoms with Crippen molar-refractivity contribution >= 4 is 17.9 Å². The van der Waals surface area contributed by atoms with Crippen molar-refractivity contribution in [3.05, 3.63) is 64.6 Å². The van der Waals surface area contributed by atoms with E-state index in [0.29, 0.717) is 22.6 Å². The fourth-order valence-corrected chi connectivity index (χ4v) is 2.49. The summed E-state index contributed by atoms with van der Waals surface area (Å²) >= 11 is 0. The average Bonchev–Trinajstić information content (AvgIpc) is 2.97. The zero-order chi connectivity index (χ0) is 18.0. The summed E-state index contributed by atoms with van der Waals surface area (Å²) < 4.78 is 29.1. The minimum Gasteiger partial charge on any atom is -0.496 e. The number of carbonyl (C=O) groups excluding carboxylic acids is 1. The maximum Gasteiger partial charge on any atom is 0.363 e. The van der Waals surface area contributed by atoms with E-state index in [-0.39, 0.29) is 11.6 Å². The lowest BCUT2D eigenvalue weighted by Crippen LogP contribution is -2.05. The van der Waals surface area contributed by atoms with Crippen LogP contribution in [-0.2, 0) is 9.53 Å². The van der Waals surface area contributed by atoms with Crippen LogP contribution >= 0.6 is 0 Å². The average molecular weight is 341 g/mol. The van der Waals surface area contributed by atoms with Crippen molar-refractivity contribution in [2.45, 2.75) is 6.92 Å². The largest absolute Gasteiger partial charge is 0.496 e. The summed E-state index contributed by atoms with van der Waals surface area (Å²) in [5.41, 5.74) is 2.02. The van der Waals surface area contributed by atoms with Crippen molar-refractivity contribution in [3.8, 4) is 11.5 Å². The number of hydrogen-bond acceptors (Lipinski definition) is 5. The van der Waals surface area contributed by atoms with E-state index in [1.54, 1.807) is 25.3 Å². The number of cyclic esters (lactones) is 1. The van der Waals surface area contributed by atoms with Gasteiger partial charge in [0.15, 0.2) is 5.70 Å². The molecule has 1 aliphatic heterocycles. The van der Waals surface area contributed by atoms with Crippen LogP contribution < -0.4 is 9.47 Å². The number of esters is 1. The van der Waals surface area contributed by atoms with Gasteiger partial charge >= 0.3 is 5.97 Å². The summed E-state index contributed by atoms with van der Waals surface area (Å²) in [5, 5.41) is 0. The molecule has 5 nitrogen and oxygen atoms in total. The third kappa shape index (κ3) is 3.38. The van der Waals surface area contributed by atoms with Gasteiger partial charge in [0.05, 0.1) is 14.2 Å². The summed E-state index contributed by atoms with van der Waals surface area (Å²) in [4.78, 5) is 16.3. The first-order chi connectivity index (χ1) is 12.0. The van der Waals surface area contributed by atoms with Gasteiger partial charge < -0.3 is 14.2 Å². The van der Waals surface area contributed by atoms with Crippen LogP contribution in [0.2, 0.25) is 0 Å². The van der Waals surface area contributed by atoms with E-state index in [1.165, 1.54) is 25.3 Å². The Labute approximate surface area is 144 Å². The van der Waals surface area contributed by atoms with Gasteiger partial charge in [-0.15, -0.1) is 0 Å². The van der Waals surface area contributed by atoms with Crippen molar-refractivity contribution in [2.24, 2.45) is 4.99 Å². The topological polar surface area (TPSA) is 57.1 Å². The number of hydrogen-bond donors (Lipinski definition) is 0. The van der Waals surface area contributed by atoms with Crippen molar-refractivity contribution in [1.82, 2.24) is 0 Å². The fourth-order valence-electron chi connectivity index (χ4n) is 2.49. The predicted octanol–water partition coefficient (Wildman–Crippen LogP) is 3.50. The molecule has 1 aliphatic rings. The highest BCUT2D eigenvalue weighted by atomic mass is 19.1. The normalized spacial score (nSPS) is 15.1. The Bertz CT molecular complexity index is 902. The highest BCUT2D eigenvalue weighted by molar-refractivity contribution is 6.13. The molecule has 0 aliphatic carbocycles. The maximum absolute atomic E-state index is 13.3. The van der Waals surface area contributed by atoms with Crippen LogP contribution in [0.1, 0.15) is 16.7 Å². The first-order valence-electron chi connectivity index (χ1n) is 7.53. The van der Waals surface area contributed by atoms with E-state index in [4.69, 9.17) is 14.2 Å². The van der Waals surface area contributed by atoms with Gasteiger partial charge in [-0.25, -0.2) is 14.2 Å². The minimum atomic E-state index is -0.610. The minimum absolute atomic E-state index is 0.0637. The second kappa shape index (κ2) is 6.76. The van der Waals surface area contributed by atoms with E-state index in [0.717, 1.165) is 5.56 Å². The lowest BCUT2D eigenvalue weighted by Gasteiger charge is -2.10. The van der Waals surface area contributed by atoms with Gasteiger partial charge in [-0.2, -0.15) is 0 Å². The molecule has 0 aromatic heterocycles. The van der Waals surface area contributed by atoms with Crippen LogP contribution in [-0.4, -0.2) is 26.1 Å². The van der Waals surface area contributed by atoms with E-state index < -0.39 is 11.8 Å². The molecule has 25 heavy (non-hydrogen) atoms. The summed E-state index contributed by atoms with van der Waals surface area (Å²) in [6, 6.07) is 9.27. The number of methoxy groups -OCH3 is 2. The second-order valence-electron chi connectivity index (χ2n) is 5.41. The van der Waals surface area contributed by atoms with Crippen LogP contribution in [0.5, 0.6) is 11.5 Å². The fraction of sp³-hybridized carbons (Fsp3) is 0.158. The van der Waals surface area contributed by atoms with Crippen LogP contribution in [0.15, 0.2) is 47.1 Å². The molecule has 0 saturated heterocycles. The first kappa shape index (κ1) is 16.7. The molecule has 0 unspecified atom stereocenters. The molecule has 6 heteroatoms. The number of ether oxygens (including phenoxy) is 3. The molecule has 0 fully saturated rings. The lowest BCUT2D eigenvalue weighted by molar-refractivity contribution is -0.129. The Balaban J connectivity index is 2.02. The highest BCUT2D eigenvalue weighted by Gasteiger charge is 2.25. The second-order valence-corrected chi connectivity index (χ2v) is 5.41. The molecule has 1 heterocycles. The van der Waals surface area contributed by atoms with E-state index in [2.05, 4.69) is 4.99 Å². The summed E-state index contributed by atoms with van der Waals surface area (Å²) in [5.74, 6) is 0.259. The molecule has 0 atom stereocenters. The Morgan fingerprint density at radius 2 is 1.88 bits per heavy atom.